The number of ether oxygens (including phenoxy) is 1. The average molecular weight is 358 g/mol. The molecule has 25 heavy (non-hydrogen) atoms. The zero-order valence-corrected chi connectivity index (χ0v) is 14.6. The maximum Gasteiger partial charge on any atom is 0.246 e. The second-order valence-corrected chi connectivity index (χ2v) is 7.06. The lowest BCUT2D eigenvalue weighted by atomic mass is 9.94. The fourth-order valence-corrected chi connectivity index (χ4v) is 3.82. The number of morpholine rings is 1. The van der Waals surface area contributed by atoms with Gasteiger partial charge in [0.15, 0.2) is 0 Å². The summed E-state index contributed by atoms with van der Waals surface area (Å²) in [4.78, 5) is 18.3. The quantitative estimate of drug-likeness (QED) is 0.914. The summed E-state index contributed by atoms with van der Waals surface area (Å²) in [5.41, 5.74) is 3.57. The molecular weight excluding hydrogens is 338 g/mol. The molecular formula is C19H20ClN3O2. The van der Waals surface area contributed by atoms with Crippen LogP contribution in [0, 0.1) is 0 Å². The Morgan fingerprint density at radius 1 is 1.28 bits per heavy atom. The van der Waals surface area contributed by atoms with Crippen LogP contribution >= 0.6 is 11.6 Å². The second kappa shape index (κ2) is 7.02. The highest BCUT2D eigenvalue weighted by Crippen LogP contribution is 2.39. The molecule has 1 aromatic heterocycles. The lowest BCUT2D eigenvalue weighted by Crippen LogP contribution is -2.46. The molecule has 0 aliphatic carbocycles. The number of carbonyl (C=O) groups excluding carboxylic acids is 1. The number of hydrogen-bond acceptors (Lipinski definition) is 4. The summed E-state index contributed by atoms with van der Waals surface area (Å²) < 4.78 is 5.38. The number of nitrogens with zero attached hydrogens (tertiary/aromatic N) is 2. The van der Waals surface area contributed by atoms with Crippen LogP contribution in [0.2, 0.25) is 5.02 Å². The molecule has 1 fully saturated rings. The SMILES string of the molecule is O=C1COCC(CC2CN(Cc3ccc(Cl)cn3)c3ccccc32)N1. The van der Waals surface area contributed by atoms with E-state index in [1.165, 1.54) is 11.3 Å². The van der Waals surface area contributed by atoms with Crippen molar-refractivity contribution >= 4 is 23.2 Å². The van der Waals surface area contributed by atoms with Gasteiger partial charge in [-0.15, -0.1) is 0 Å². The van der Waals surface area contributed by atoms with Crippen LogP contribution in [0.5, 0.6) is 0 Å². The number of halogens is 1. The van der Waals surface area contributed by atoms with Gasteiger partial charge in [-0.2, -0.15) is 0 Å². The van der Waals surface area contributed by atoms with E-state index in [9.17, 15) is 4.79 Å². The van der Waals surface area contributed by atoms with Crippen molar-refractivity contribution in [1.82, 2.24) is 10.3 Å². The molecule has 2 unspecified atom stereocenters. The highest BCUT2D eigenvalue weighted by molar-refractivity contribution is 6.30. The smallest absolute Gasteiger partial charge is 0.246 e. The van der Waals surface area contributed by atoms with Crippen molar-refractivity contribution in [3.8, 4) is 0 Å². The zero-order chi connectivity index (χ0) is 17.2. The topological polar surface area (TPSA) is 54.5 Å². The van der Waals surface area contributed by atoms with Gasteiger partial charge in [-0.3, -0.25) is 9.78 Å². The number of hydrogen-bond donors (Lipinski definition) is 1. The van der Waals surface area contributed by atoms with Crippen LogP contribution in [0.4, 0.5) is 5.69 Å². The fourth-order valence-electron chi connectivity index (χ4n) is 3.71. The molecule has 2 aromatic rings. The highest BCUT2D eigenvalue weighted by atomic mass is 35.5. The molecule has 4 rings (SSSR count). The van der Waals surface area contributed by atoms with Crippen molar-refractivity contribution in [1.29, 1.82) is 0 Å². The number of anilines is 1. The van der Waals surface area contributed by atoms with Crippen molar-refractivity contribution in [3.63, 3.8) is 0 Å². The molecule has 2 aliphatic rings. The van der Waals surface area contributed by atoms with E-state index in [1.807, 2.05) is 12.1 Å². The van der Waals surface area contributed by atoms with E-state index < -0.39 is 0 Å². The van der Waals surface area contributed by atoms with Crippen molar-refractivity contribution in [2.45, 2.75) is 24.9 Å². The van der Waals surface area contributed by atoms with E-state index in [4.69, 9.17) is 16.3 Å². The molecule has 3 heterocycles. The van der Waals surface area contributed by atoms with Crippen LogP contribution in [0.3, 0.4) is 0 Å². The number of benzene rings is 1. The van der Waals surface area contributed by atoms with Crippen LogP contribution in [0.1, 0.15) is 23.6 Å². The number of carbonyl (C=O) groups is 1. The van der Waals surface area contributed by atoms with Crippen LogP contribution < -0.4 is 10.2 Å². The maximum atomic E-state index is 11.6. The third kappa shape index (κ3) is 3.62. The predicted octanol–water partition coefficient (Wildman–Crippen LogP) is 2.74. The van der Waals surface area contributed by atoms with Gasteiger partial charge in [0, 0.05) is 24.3 Å². The molecule has 0 spiro atoms. The number of pyridine rings is 1. The van der Waals surface area contributed by atoms with Gasteiger partial charge in [-0.1, -0.05) is 29.8 Å². The minimum atomic E-state index is -0.0234. The first-order chi connectivity index (χ1) is 12.2. The highest BCUT2D eigenvalue weighted by Gasteiger charge is 2.31. The lowest BCUT2D eigenvalue weighted by molar-refractivity contribution is -0.131. The summed E-state index contributed by atoms with van der Waals surface area (Å²) in [6, 6.07) is 12.4. The van der Waals surface area contributed by atoms with Crippen molar-refractivity contribution < 1.29 is 9.53 Å². The molecule has 0 bridgehead atoms. The Morgan fingerprint density at radius 2 is 2.16 bits per heavy atom. The molecule has 6 heteroatoms. The predicted molar refractivity (Wildman–Crippen MR) is 96.8 cm³/mol. The van der Waals surface area contributed by atoms with Crippen molar-refractivity contribution in [2.75, 3.05) is 24.7 Å². The number of amides is 1. The fraction of sp³-hybridized carbons (Fsp3) is 0.368. The largest absolute Gasteiger partial charge is 0.370 e. The summed E-state index contributed by atoms with van der Waals surface area (Å²) in [5.74, 6) is 0.347. The van der Waals surface area contributed by atoms with Crippen LogP contribution in [-0.4, -0.2) is 36.7 Å². The first-order valence-corrected chi connectivity index (χ1v) is 8.88. The van der Waals surface area contributed by atoms with Gasteiger partial charge in [0.1, 0.15) is 6.61 Å². The third-order valence-corrected chi connectivity index (χ3v) is 5.01. The molecule has 1 saturated heterocycles. The molecule has 0 saturated carbocycles. The number of aromatic nitrogens is 1. The monoisotopic (exact) mass is 357 g/mol. The number of fused-ring (bicyclic) bond motifs is 1. The van der Waals surface area contributed by atoms with E-state index in [2.05, 4.69) is 39.5 Å². The Kier molecular flexibility index (Phi) is 4.59. The van der Waals surface area contributed by atoms with Gasteiger partial charge < -0.3 is 15.0 Å². The first-order valence-electron chi connectivity index (χ1n) is 8.50. The molecule has 2 atom stereocenters. The van der Waals surface area contributed by atoms with Gasteiger partial charge >= 0.3 is 0 Å². The van der Waals surface area contributed by atoms with Crippen LogP contribution in [-0.2, 0) is 16.1 Å². The van der Waals surface area contributed by atoms with E-state index in [0.29, 0.717) is 17.5 Å². The van der Waals surface area contributed by atoms with Crippen molar-refractivity contribution in [2.24, 2.45) is 0 Å². The molecule has 2 aliphatic heterocycles. The van der Waals surface area contributed by atoms with E-state index >= 15 is 0 Å². The van der Waals surface area contributed by atoms with Gasteiger partial charge in [0.2, 0.25) is 5.91 Å². The summed E-state index contributed by atoms with van der Waals surface area (Å²) in [6.07, 6.45) is 2.57. The van der Waals surface area contributed by atoms with Gasteiger partial charge in [-0.05, 0) is 30.2 Å². The minimum absolute atomic E-state index is 0.0234. The second-order valence-electron chi connectivity index (χ2n) is 6.62. The zero-order valence-electron chi connectivity index (χ0n) is 13.8. The Morgan fingerprint density at radius 3 is 2.96 bits per heavy atom. The molecule has 1 aromatic carbocycles. The Hall–Kier alpha value is -2.11. The molecule has 130 valence electrons. The molecule has 0 radical (unpaired) electrons. The Labute approximate surface area is 152 Å². The minimum Gasteiger partial charge on any atom is -0.370 e. The summed E-state index contributed by atoms with van der Waals surface area (Å²) in [5, 5.41) is 3.68. The third-order valence-electron chi connectivity index (χ3n) is 4.79. The lowest BCUT2D eigenvalue weighted by Gasteiger charge is -2.26. The average Bonchev–Trinajstić information content (AvgIpc) is 2.95. The maximum absolute atomic E-state index is 11.6. The van der Waals surface area contributed by atoms with Crippen LogP contribution in [0.25, 0.3) is 0 Å². The molecule has 5 nitrogen and oxygen atoms in total. The normalized spacial score (nSPS) is 22.6. The summed E-state index contributed by atoms with van der Waals surface area (Å²) in [7, 11) is 0. The first kappa shape index (κ1) is 16.4. The van der Waals surface area contributed by atoms with E-state index in [1.54, 1.807) is 6.20 Å². The number of para-hydroxylation sites is 1. The summed E-state index contributed by atoms with van der Waals surface area (Å²) >= 11 is 5.93. The van der Waals surface area contributed by atoms with E-state index in [-0.39, 0.29) is 18.6 Å². The van der Waals surface area contributed by atoms with Gasteiger partial charge in [0.25, 0.3) is 0 Å². The van der Waals surface area contributed by atoms with Gasteiger partial charge in [-0.25, -0.2) is 0 Å². The van der Waals surface area contributed by atoms with Gasteiger partial charge in [0.05, 0.1) is 29.9 Å². The number of rotatable bonds is 4. The van der Waals surface area contributed by atoms with E-state index in [0.717, 1.165) is 25.2 Å². The standard InChI is InChI=1S/C19H20ClN3O2/c20-14-5-6-15(21-8-14)10-23-9-13(17-3-1-2-4-18(17)23)7-16-11-25-12-19(24)22-16/h1-6,8,13,16H,7,9-12H2,(H,22,24). The number of nitrogens with one attached hydrogen (secondary N) is 1. The molecule has 1 N–H and O–H groups in total. The summed E-state index contributed by atoms with van der Waals surface area (Å²) in [6.45, 7) is 2.42. The van der Waals surface area contributed by atoms with Crippen molar-refractivity contribution in [3.05, 3.63) is 58.9 Å². The Balaban J connectivity index is 1.51. The van der Waals surface area contributed by atoms with Crippen LogP contribution in [0.15, 0.2) is 42.6 Å². The molecule has 1 amide bonds. The Bertz CT molecular complexity index is 766.